The monoisotopic (exact) mass is 376 g/mol. The highest BCUT2D eigenvalue weighted by atomic mass is 32.2. The van der Waals surface area contributed by atoms with Gasteiger partial charge < -0.3 is 4.57 Å². The molecule has 1 atom stereocenters. The quantitative estimate of drug-likeness (QED) is 0.775. The molecule has 0 unspecified atom stereocenters. The Morgan fingerprint density at radius 3 is 2.38 bits per heavy atom. The third-order valence-corrected chi connectivity index (χ3v) is 7.05. The molecule has 1 aromatic heterocycles. The molecule has 3 rings (SSSR count). The SMILES string of the molecule is CC(C)c1ccc2c([C@@H](C)NS(=O)(=O)C3CC3)cn(CC(C)(C)C)c2c1. The Morgan fingerprint density at radius 2 is 1.85 bits per heavy atom. The molecule has 144 valence electrons. The van der Waals surface area contributed by atoms with Crippen LogP contribution in [-0.2, 0) is 16.6 Å². The average Bonchev–Trinajstić information content (AvgIpc) is 3.30. The van der Waals surface area contributed by atoms with Crippen LogP contribution in [0.2, 0.25) is 0 Å². The third-order valence-electron chi connectivity index (χ3n) is 5.02. The molecule has 1 aromatic carbocycles. The minimum Gasteiger partial charge on any atom is -0.347 e. The number of sulfonamides is 1. The average molecular weight is 377 g/mol. The van der Waals surface area contributed by atoms with Crippen LogP contribution < -0.4 is 4.72 Å². The summed E-state index contributed by atoms with van der Waals surface area (Å²) >= 11 is 0. The van der Waals surface area contributed by atoms with E-state index in [1.54, 1.807) is 0 Å². The van der Waals surface area contributed by atoms with Gasteiger partial charge in [-0.05, 0) is 48.3 Å². The molecule has 26 heavy (non-hydrogen) atoms. The van der Waals surface area contributed by atoms with Gasteiger partial charge in [0.05, 0.1) is 5.25 Å². The Balaban J connectivity index is 2.04. The maximum Gasteiger partial charge on any atom is 0.215 e. The van der Waals surface area contributed by atoms with Gasteiger partial charge >= 0.3 is 0 Å². The molecule has 2 aromatic rings. The van der Waals surface area contributed by atoms with Crippen molar-refractivity contribution in [1.82, 2.24) is 9.29 Å². The Hall–Kier alpha value is -1.33. The number of rotatable bonds is 6. The van der Waals surface area contributed by atoms with Gasteiger partial charge in [-0.25, -0.2) is 13.1 Å². The zero-order valence-electron chi connectivity index (χ0n) is 16.8. The molecule has 1 N–H and O–H groups in total. The second-order valence-corrected chi connectivity index (χ2v) is 11.3. The molecular formula is C21H32N2O2S. The van der Waals surface area contributed by atoms with Gasteiger partial charge in [-0.2, -0.15) is 0 Å². The summed E-state index contributed by atoms with van der Waals surface area (Å²) in [6.07, 6.45) is 3.71. The molecule has 1 aliphatic carbocycles. The zero-order valence-corrected chi connectivity index (χ0v) is 17.7. The lowest BCUT2D eigenvalue weighted by molar-refractivity contribution is 0.349. The van der Waals surface area contributed by atoms with Gasteiger partial charge in [0.15, 0.2) is 0 Å². The van der Waals surface area contributed by atoms with Crippen molar-refractivity contribution in [1.29, 1.82) is 0 Å². The van der Waals surface area contributed by atoms with E-state index < -0.39 is 10.0 Å². The highest BCUT2D eigenvalue weighted by Crippen LogP contribution is 2.34. The standard InChI is InChI=1S/C21H32N2O2S/c1-14(2)16-7-10-18-19(15(3)22-26(24,25)17-8-9-17)12-23(20(18)11-16)13-21(4,5)6/h7,10-12,14-15,17,22H,8-9,13H2,1-6H3/t15-/m1/s1. The van der Waals surface area contributed by atoms with E-state index in [1.165, 1.54) is 11.1 Å². The van der Waals surface area contributed by atoms with E-state index in [4.69, 9.17) is 0 Å². The van der Waals surface area contributed by atoms with E-state index in [-0.39, 0.29) is 16.7 Å². The van der Waals surface area contributed by atoms with E-state index in [0.29, 0.717) is 5.92 Å². The van der Waals surface area contributed by atoms with Gasteiger partial charge in [-0.15, -0.1) is 0 Å². The minimum atomic E-state index is -3.21. The van der Waals surface area contributed by atoms with Crippen molar-refractivity contribution in [2.75, 3.05) is 0 Å². The topological polar surface area (TPSA) is 51.1 Å². The minimum absolute atomic E-state index is 0.147. The van der Waals surface area contributed by atoms with Crippen LogP contribution >= 0.6 is 0 Å². The lowest BCUT2D eigenvalue weighted by Gasteiger charge is -2.20. The van der Waals surface area contributed by atoms with Gasteiger partial charge in [0.1, 0.15) is 0 Å². The van der Waals surface area contributed by atoms with E-state index in [0.717, 1.165) is 30.3 Å². The smallest absolute Gasteiger partial charge is 0.215 e. The first-order valence-electron chi connectivity index (χ1n) is 9.62. The number of fused-ring (bicyclic) bond motifs is 1. The second-order valence-electron chi connectivity index (χ2n) is 9.29. The van der Waals surface area contributed by atoms with Crippen molar-refractivity contribution in [2.24, 2.45) is 5.41 Å². The fraction of sp³-hybridized carbons (Fsp3) is 0.619. The van der Waals surface area contributed by atoms with Crippen molar-refractivity contribution in [3.8, 4) is 0 Å². The number of hydrogen-bond donors (Lipinski definition) is 1. The van der Waals surface area contributed by atoms with E-state index in [9.17, 15) is 8.42 Å². The number of aromatic nitrogens is 1. The fourth-order valence-electron chi connectivity index (χ4n) is 3.47. The van der Waals surface area contributed by atoms with Crippen LogP contribution in [-0.4, -0.2) is 18.2 Å². The summed E-state index contributed by atoms with van der Waals surface area (Å²) in [7, 11) is -3.21. The van der Waals surface area contributed by atoms with Crippen molar-refractivity contribution in [2.45, 2.75) is 78.1 Å². The summed E-state index contributed by atoms with van der Waals surface area (Å²) in [6.45, 7) is 13.9. The van der Waals surface area contributed by atoms with Crippen LogP contribution in [0.15, 0.2) is 24.4 Å². The van der Waals surface area contributed by atoms with Crippen molar-refractivity contribution in [3.05, 3.63) is 35.5 Å². The summed E-state index contributed by atoms with van der Waals surface area (Å²) in [5.74, 6) is 0.464. The Labute approximate surface area is 158 Å². The Bertz CT molecular complexity index is 900. The molecule has 0 spiro atoms. The number of nitrogens with one attached hydrogen (secondary N) is 1. The zero-order chi connectivity index (χ0) is 19.3. The molecule has 1 fully saturated rings. The molecule has 1 saturated carbocycles. The second kappa shape index (κ2) is 6.68. The van der Waals surface area contributed by atoms with Gasteiger partial charge in [0.2, 0.25) is 10.0 Å². The first-order chi connectivity index (χ1) is 12.0. The maximum absolute atomic E-state index is 12.4. The molecule has 0 aliphatic heterocycles. The lowest BCUT2D eigenvalue weighted by Crippen LogP contribution is -2.29. The van der Waals surface area contributed by atoms with Crippen LogP contribution in [0, 0.1) is 5.41 Å². The molecular weight excluding hydrogens is 344 g/mol. The van der Waals surface area contributed by atoms with E-state index >= 15 is 0 Å². The van der Waals surface area contributed by atoms with Crippen LogP contribution in [0.4, 0.5) is 0 Å². The fourth-order valence-corrected chi connectivity index (χ4v) is 5.04. The third kappa shape index (κ3) is 4.15. The number of benzene rings is 1. The normalized spacial score (nSPS) is 17.2. The largest absolute Gasteiger partial charge is 0.347 e. The van der Waals surface area contributed by atoms with Crippen molar-refractivity contribution < 1.29 is 8.42 Å². The van der Waals surface area contributed by atoms with Gasteiger partial charge in [0.25, 0.3) is 0 Å². The lowest BCUT2D eigenvalue weighted by atomic mass is 9.96. The van der Waals surface area contributed by atoms with Gasteiger partial charge in [0, 0.05) is 29.7 Å². The highest BCUT2D eigenvalue weighted by Gasteiger charge is 2.36. The molecule has 0 amide bonds. The first-order valence-corrected chi connectivity index (χ1v) is 11.2. The van der Waals surface area contributed by atoms with Crippen LogP contribution in [0.1, 0.15) is 77.5 Å². The highest BCUT2D eigenvalue weighted by molar-refractivity contribution is 7.90. The predicted octanol–water partition coefficient (Wildman–Crippen LogP) is 4.95. The summed E-state index contributed by atoms with van der Waals surface area (Å²) in [6, 6.07) is 6.35. The summed E-state index contributed by atoms with van der Waals surface area (Å²) in [5, 5.41) is 0.949. The predicted molar refractivity (Wildman–Crippen MR) is 109 cm³/mol. The number of hydrogen-bond acceptors (Lipinski definition) is 2. The number of nitrogens with zero attached hydrogens (tertiary/aromatic N) is 1. The van der Waals surface area contributed by atoms with Gasteiger partial charge in [-0.1, -0.05) is 46.8 Å². The molecule has 1 aliphatic rings. The van der Waals surface area contributed by atoms with E-state index in [2.05, 4.69) is 68.3 Å². The van der Waals surface area contributed by atoms with Gasteiger partial charge in [-0.3, -0.25) is 0 Å². The van der Waals surface area contributed by atoms with Crippen molar-refractivity contribution in [3.63, 3.8) is 0 Å². The van der Waals surface area contributed by atoms with E-state index in [1.807, 2.05) is 6.92 Å². The molecule has 0 saturated heterocycles. The summed E-state index contributed by atoms with van der Waals surface area (Å²) in [4.78, 5) is 0. The molecule has 0 radical (unpaired) electrons. The molecule has 5 heteroatoms. The van der Waals surface area contributed by atoms with Crippen LogP contribution in [0.3, 0.4) is 0 Å². The Morgan fingerprint density at radius 1 is 1.19 bits per heavy atom. The maximum atomic E-state index is 12.4. The molecule has 1 heterocycles. The van der Waals surface area contributed by atoms with Crippen LogP contribution in [0.25, 0.3) is 10.9 Å². The summed E-state index contributed by atoms with van der Waals surface area (Å²) < 4.78 is 29.9. The Kier molecular flexibility index (Phi) is 4.99. The molecule has 4 nitrogen and oxygen atoms in total. The summed E-state index contributed by atoms with van der Waals surface area (Å²) in [5.41, 5.74) is 3.71. The molecule has 0 bridgehead atoms. The van der Waals surface area contributed by atoms with Crippen molar-refractivity contribution >= 4 is 20.9 Å². The first kappa shape index (κ1) is 19.4. The van der Waals surface area contributed by atoms with Crippen LogP contribution in [0.5, 0.6) is 0 Å².